The lowest BCUT2D eigenvalue weighted by Gasteiger charge is -2.19. The Hall–Kier alpha value is -2.04. The maximum Gasteiger partial charge on any atom is 0.407 e. The number of ether oxygens (including phenoxy) is 1. The highest BCUT2D eigenvalue weighted by Crippen LogP contribution is 2.08. The molecular formula is C15H22N2O3. The van der Waals surface area contributed by atoms with E-state index >= 15 is 0 Å². The lowest BCUT2D eigenvalue weighted by atomic mass is 10.0. The summed E-state index contributed by atoms with van der Waals surface area (Å²) in [6, 6.07) is 9.13. The zero-order valence-corrected chi connectivity index (χ0v) is 12.0. The Kier molecular flexibility index (Phi) is 6.56. The van der Waals surface area contributed by atoms with Gasteiger partial charge in [-0.05, 0) is 17.9 Å². The molecule has 1 aromatic carbocycles. The topological polar surface area (TPSA) is 81.4 Å². The lowest BCUT2D eigenvalue weighted by molar-refractivity contribution is -0.118. The molecule has 1 rings (SSSR count). The van der Waals surface area contributed by atoms with Crippen molar-refractivity contribution in [3.63, 3.8) is 0 Å². The summed E-state index contributed by atoms with van der Waals surface area (Å²) in [5.41, 5.74) is 6.09. The SMILES string of the molecule is CC(C)CC(CC(N)=O)NC(=O)OCc1ccccc1. The van der Waals surface area contributed by atoms with Gasteiger partial charge in [-0.25, -0.2) is 4.79 Å². The third-order valence-electron chi connectivity index (χ3n) is 2.74. The van der Waals surface area contributed by atoms with E-state index in [0.717, 1.165) is 5.56 Å². The third-order valence-corrected chi connectivity index (χ3v) is 2.74. The van der Waals surface area contributed by atoms with Gasteiger partial charge in [0.15, 0.2) is 0 Å². The van der Waals surface area contributed by atoms with Crippen LogP contribution >= 0.6 is 0 Å². The van der Waals surface area contributed by atoms with Gasteiger partial charge >= 0.3 is 6.09 Å². The summed E-state index contributed by atoms with van der Waals surface area (Å²) in [5, 5.41) is 2.69. The van der Waals surface area contributed by atoms with Crippen LogP contribution in [-0.2, 0) is 16.1 Å². The van der Waals surface area contributed by atoms with Crippen molar-refractivity contribution in [3.8, 4) is 0 Å². The smallest absolute Gasteiger partial charge is 0.407 e. The van der Waals surface area contributed by atoms with Gasteiger partial charge in [0, 0.05) is 12.5 Å². The Morgan fingerprint density at radius 2 is 1.90 bits per heavy atom. The zero-order valence-electron chi connectivity index (χ0n) is 12.0. The van der Waals surface area contributed by atoms with Gasteiger partial charge in [0.1, 0.15) is 6.61 Å². The van der Waals surface area contributed by atoms with Gasteiger partial charge in [0.2, 0.25) is 5.91 Å². The van der Waals surface area contributed by atoms with Crippen molar-refractivity contribution < 1.29 is 14.3 Å². The molecule has 1 aromatic rings. The molecule has 0 aliphatic rings. The van der Waals surface area contributed by atoms with Gasteiger partial charge in [0.05, 0.1) is 0 Å². The van der Waals surface area contributed by atoms with Crippen LogP contribution in [0.4, 0.5) is 4.79 Å². The van der Waals surface area contributed by atoms with E-state index in [1.165, 1.54) is 0 Å². The number of rotatable bonds is 7. The molecule has 5 nitrogen and oxygen atoms in total. The number of primary amides is 1. The highest BCUT2D eigenvalue weighted by atomic mass is 16.5. The molecule has 110 valence electrons. The van der Waals surface area contributed by atoms with E-state index in [1.807, 2.05) is 44.2 Å². The second-order valence-corrected chi connectivity index (χ2v) is 5.20. The number of nitrogens with two attached hydrogens (primary N) is 1. The molecule has 1 unspecified atom stereocenters. The summed E-state index contributed by atoms with van der Waals surface area (Å²) in [7, 11) is 0. The van der Waals surface area contributed by atoms with Gasteiger partial charge in [-0.2, -0.15) is 0 Å². The Bertz CT molecular complexity index is 432. The number of benzene rings is 1. The minimum atomic E-state index is -0.527. The van der Waals surface area contributed by atoms with Crippen LogP contribution in [0.3, 0.4) is 0 Å². The second kappa shape index (κ2) is 8.19. The molecule has 0 spiro atoms. The van der Waals surface area contributed by atoms with Crippen molar-refractivity contribution in [1.82, 2.24) is 5.32 Å². The van der Waals surface area contributed by atoms with Crippen molar-refractivity contribution >= 4 is 12.0 Å². The fourth-order valence-electron chi connectivity index (χ4n) is 1.94. The predicted molar refractivity (Wildman–Crippen MR) is 76.8 cm³/mol. The van der Waals surface area contributed by atoms with Crippen LogP contribution in [0.2, 0.25) is 0 Å². The van der Waals surface area contributed by atoms with E-state index in [2.05, 4.69) is 5.32 Å². The predicted octanol–water partition coefficient (Wildman–Crippen LogP) is 2.20. The number of hydrogen-bond acceptors (Lipinski definition) is 3. The molecule has 2 amide bonds. The van der Waals surface area contributed by atoms with Gasteiger partial charge in [0.25, 0.3) is 0 Å². The number of alkyl carbamates (subject to hydrolysis) is 1. The number of carbonyl (C=O) groups excluding carboxylic acids is 2. The molecule has 0 radical (unpaired) electrons. The lowest BCUT2D eigenvalue weighted by Crippen LogP contribution is -2.39. The molecular weight excluding hydrogens is 256 g/mol. The fourth-order valence-corrected chi connectivity index (χ4v) is 1.94. The summed E-state index contributed by atoms with van der Waals surface area (Å²) in [5.74, 6) is -0.0761. The number of nitrogens with one attached hydrogen (secondary N) is 1. The molecule has 0 aliphatic heterocycles. The molecule has 0 aliphatic carbocycles. The van der Waals surface area contributed by atoms with Crippen LogP contribution in [0, 0.1) is 5.92 Å². The number of carbonyl (C=O) groups is 2. The quantitative estimate of drug-likeness (QED) is 0.802. The van der Waals surface area contributed by atoms with Crippen LogP contribution in [0.25, 0.3) is 0 Å². The van der Waals surface area contributed by atoms with Crippen molar-refractivity contribution in [1.29, 1.82) is 0 Å². The van der Waals surface area contributed by atoms with Crippen LogP contribution < -0.4 is 11.1 Å². The third kappa shape index (κ3) is 6.78. The van der Waals surface area contributed by atoms with Crippen molar-refractivity contribution in [2.75, 3.05) is 0 Å². The first-order chi connectivity index (χ1) is 9.47. The molecule has 1 atom stereocenters. The molecule has 0 saturated heterocycles. The average Bonchev–Trinajstić information content (AvgIpc) is 2.36. The van der Waals surface area contributed by atoms with E-state index in [4.69, 9.17) is 10.5 Å². The first-order valence-corrected chi connectivity index (χ1v) is 6.73. The molecule has 5 heteroatoms. The molecule has 0 heterocycles. The highest BCUT2D eigenvalue weighted by Gasteiger charge is 2.17. The maximum absolute atomic E-state index is 11.7. The summed E-state index contributed by atoms with van der Waals surface area (Å²) in [4.78, 5) is 22.7. The van der Waals surface area contributed by atoms with Crippen LogP contribution in [-0.4, -0.2) is 18.0 Å². The van der Waals surface area contributed by atoms with Crippen molar-refractivity contribution in [2.45, 2.75) is 39.3 Å². The first-order valence-electron chi connectivity index (χ1n) is 6.73. The Balaban J connectivity index is 2.42. The average molecular weight is 278 g/mol. The number of amides is 2. The van der Waals surface area contributed by atoms with E-state index in [1.54, 1.807) is 0 Å². The van der Waals surface area contributed by atoms with Gasteiger partial charge in [-0.1, -0.05) is 44.2 Å². The fraction of sp³-hybridized carbons (Fsp3) is 0.467. The standard InChI is InChI=1S/C15H22N2O3/c1-11(2)8-13(9-14(16)18)17-15(19)20-10-12-6-4-3-5-7-12/h3-7,11,13H,8-10H2,1-2H3,(H2,16,18)(H,17,19). The molecule has 0 aromatic heterocycles. The summed E-state index contributed by atoms with van der Waals surface area (Å²) in [6.07, 6.45) is 0.280. The maximum atomic E-state index is 11.7. The summed E-state index contributed by atoms with van der Waals surface area (Å²) < 4.78 is 5.12. The zero-order chi connectivity index (χ0) is 15.0. The Morgan fingerprint density at radius 1 is 1.25 bits per heavy atom. The van der Waals surface area contributed by atoms with Gasteiger partial charge in [-0.3, -0.25) is 4.79 Å². The molecule has 3 N–H and O–H groups in total. The van der Waals surface area contributed by atoms with Crippen molar-refractivity contribution in [2.24, 2.45) is 11.7 Å². The monoisotopic (exact) mass is 278 g/mol. The summed E-state index contributed by atoms with van der Waals surface area (Å²) in [6.45, 7) is 4.24. The molecule has 20 heavy (non-hydrogen) atoms. The van der Waals surface area contributed by atoms with E-state index in [9.17, 15) is 9.59 Å². The van der Waals surface area contributed by atoms with E-state index in [-0.39, 0.29) is 19.1 Å². The van der Waals surface area contributed by atoms with Crippen LogP contribution in [0.15, 0.2) is 30.3 Å². The molecule has 0 bridgehead atoms. The highest BCUT2D eigenvalue weighted by molar-refractivity contribution is 5.75. The Morgan fingerprint density at radius 3 is 2.45 bits per heavy atom. The minimum Gasteiger partial charge on any atom is -0.445 e. The largest absolute Gasteiger partial charge is 0.445 e. The van der Waals surface area contributed by atoms with Gasteiger partial charge < -0.3 is 15.8 Å². The molecule has 0 saturated carbocycles. The van der Waals surface area contributed by atoms with Crippen LogP contribution in [0.1, 0.15) is 32.3 Å². The minimum absolute atomic E-state index is 0.124. The van der Waals surface area contributed by atoms with Gasteiger partial charge in [-0.15, -0.1) is 0 Å². The van der Waals surface area contributed by atoms with E-state index in [0.29, 0.717) is 12.3 Å². The summed E-state index contributed by atoms with van der Waals surface area (Å²) >= 11 is 0. The molecule has 0 fully saturated rings. The first kappa shape index (κ1) is 16.0. The van der Waals surface area contributed by atoms with Crippen LogP contribution in [0.5, 0.6) is 0 Å². The normalized spacial score (nSPS) is 11.9. The van der Waals surface area contributed by atoms with Crippen molar-refractivity contribution in [3.05, 3.63) is 35.9 Å². The Labute approximate surface area is 119 Å². The van der Waals surface area contributed by atoms with E-state index < -0.39 is 12.0 Å². The second-order valence-electron chi connectivity index (χ2n) is 5.20. The number of hydrogen-bond donors (Lipinski definition) is 2.